The summed E-state index contributed by atoms with van der Waals surface area (Å²) < 4.78 is 6.78. The maximum Gasteiger partial charge on any atom is 0.419 e. The molecule has 0 fully saturated rings. The highest BCUT2D eigenvalue weighted by Crippen LogP contribution is 2.32. The second kappa shape index (κ2) is 7.07. The normalized spacial score (nSPS) is 16.6. The standard InChI is InChI=1S/C19H21N3O3S/c1-12-8-9-13-16(11-12)26-18(20-13)21-17(23)7-4-10-22-14-5-2-3-6-15(14)25-19(22)24/h2-3,5-6,12H,4,7-11H2,1H3,(H,20,21,23). The second-order valence-electron chi connectivity index (χ2n) is 6.88. The number of aryl methyl sites for hydroxylation is 2. The third-order valence-electron chi connectivity index (χ3n) is 4.79. The van der Waals surface area contributed by atoms with Crippen molar-refractivity contribution in [2.75, 3.05) is 5.32 Å². The summed E-state index contributed by atoms with van der Waals surface area (Å²) in [4.78, 5) is 30.0. The quantitative estimate of drug-likeness (QED) is 0.743. The third kappa shape index (κ3) is 3.44. The summed E-state index contributed by atoms with van der Waals surface area (Å²) in [6, 6.07) is 7.31. The molecule has 0 saturated heterocycles. The molecule has 0 spiro atoms. The van der Waals surface area contributed by atoms with Gasteiger partial charge in [-0.3, -0.25) is 9.36 Å². The fourth-order valence-electron chi connectivity index (χ4n) is 3.40. The first-order valence-corrected chi connectivity index (χ1v) is 9.78. The van der Waals surface area contributed by atoms with Crippen LogP contribution < -0.4 is 11.1 Å². The van der Waals surface area contributed by atoms with E-state index in [1.54, 1.807) is 22.0 Å². The molecule has 1 N–H and O–H groups in total. The molecule has 0 aliphatic heterocycles. The molecule has 2 aromatic heterocycles. The summed E-state index contributed by atoms with van der Waals surface area (Å²) in [6.07, 6.45) is 4.13. The number of nitrogens with one attached hydrogen (secondary N) is 1. The Kier molecular flexibility index (Phi) is 4.63. The largest absolute Gasteiger partial charge is 0.419 e. The van der Waals surface area contributed by atoms with Crippen molar-refractivity contribution in [3.8, 4) is 0 Å². The first-order chi connectivity index (χ1) is 12.6. The van der Waals surface area contributed by atoms with E-state index in [2.05, 4.69) is 17.2 Å². The molecule has 7 heteroatoms. The van der Waals surface area contributed by atoms with Gasteiger partial charge in [0.15, 0.2) is 10.7 Å². The lowest BCUT2D eigenvalue weighted by Gasteiger charge is -2.15. The molecule has 1 aliphatic carbocycles. The van der Waals surface area contributed by atoms with Gasteiger partial charge in [-0.05, 0) is 43.7 Å². The predicted octanol–water partition coefficient (Wildman–Crippen LogP) is 3.59. The van der Waals surface area contributed by atoms with Crippen molar-refractivity contribution in [3.05, 3.63) is 45.4 Å². The Morgan fingerprint density at radius 1 is 1.42 bits per heavy atom. The number of rotatable bonds is 5. The van der Waals surface area contributed by atoms with E-state index in [4.69, 9.17) is 4.42 Å². The van der Waals surface area contributed by atoms with Crippen LogP contribution in [0.5, 0.6) is 0 Å². The number of thiazole rings is 1. The molecular weight excluding hydrogens is 350 g/mol. The Labute approximate surface area is 154 Å². The molecule has 0 saturated carbocycles. The van der Waals surface area contributed by atoms with Gasteiger partial charge in [0.1, 0.15) is 0 Å². The van der Waals surface area contributed by atoms with Gasteiger partial charge >= 0.3 is 5.76 Å². The maximum absolute atomic E-state index is 12.2. The first-order valence-electron chi connectivity index (χ1n) is 8.97. The predicted molar refractivity (Wildman–Crippen MR) is 102 cm³/mol. The zero-order valence-electron chi connectivity index (χ0n) is 14.7. The summed E-state index contributed by atoms with van der Waals surface area (Å²) in [5.41, 5.74) is 2.48. The minimum Gasteiger partial charge on any atom is -0.408 e. The molecule has 1 amide bonds. The topological polar surface area (TPSA) is 77.1 Å². The molecule has 0 radical (unpaired) electrons. The van der Waals surface area contributed by atoms with Gasteiger partial charge in [-0.25, -0.2) is 9.78 Å². The van der Waals surface area contributed by atoms with Crippen LogP contribution in [0.1, 0.15) is 36.8 Å². The van der Waals surface area contributed by atoms with E-state index in [0.717, 1.165) is 30.5 Å². The average molecular weight is 371 g/mol. The second-order valence-corrected chi connectivity index (χ2v) is 7.96. The Morgan fingerprint density at radius 2 is 2.27 bits per heavy atom. The van der Waals surface area contributed by atoms with Crippen molar-refractivity contribution in [3.63, 3.8) is 0 Å². The van der Waals surface area contributed by atoms with Crippen LogP contribution in [-0.4, -0.2) is 15.5 Å². The molecule has 1 aliphatic rings. The number of hydrogen-bond acceptors (Lipinski definition) is 5. The van der Waals surface area contributed by atoms with Crippen LogP contribution in [0.4, 0.5) is 5.13 Å². The summed E-state index contributed by atoms with van der Waals surface area (Å²) >= 11 is 1.59. The molecule has 3 aromatic rings. The van der Waals surface area contributed by atoms with Crippen molar-refractivity contribution < 1.29 is 9.21 Å². The fourth-order valence-corrected chi connectivity index (χ4v) is 4.59. The zero-order chi connectivity index (χ0) is 18.1. The summed E-state index contributed by atoms with van der Waals surface area (Å²) in [5.74, 6) is 0.243. The lowest BCUT2D eigenvalue weighted by molar-refractivity contribution is -0.116. The van der Waals surface area contributed by atoms with E-state index in [0.29, 0.717) is 36.0 Å². The molecule has 1 aromatic carbocycles. The molecule has 0 bridgehead atoms. The number of amides is 1. The van der Waals surface area contributed by atoms with Gasteiger partial charge in [0.2, 0.25) is 5.91 Å². The van der Waals surface area contributed by atoms with Crippen LogP contribution >= 0.6 is 11.3 Å². The van der Waals surface area contributed by atoms with Gasteiger partial charge in [-0.1, -0.05) is 19.1 Å². The fraction of sp³-hybridized carbons (Fsp3) is 0.421. The Bertz CT molecular complexity index is 1000. The Morgan fingerprint density at radius 3 is 3.15 bits per heavy atom. The summed E-state index contributed by atoms with van der Waals surface area (Å²) in [7, 11) is 0. The maximum atomic E-state index is 12.2. The van der Waals surface area contributed by atoms with Crippen LogP contribution in [-0.2, 0) is 24.2 Å². The highest BCUT2D eigenvalue weighted by Gasteiger charge is 2.20. The zero-order valence-corrected chi connectivity index (χ0v) is 15.5. The molecule has 1 atom stereocenters. The molecule has 4 rings (SSSR count). The summed E-state index contributed by atoms with van der Waals surface area (Å²) in [5, 5.41) is 3.60. The van der Waals surface area contributed by atoms with E-state index >= 15 is 0 Å². The smallest absolute Gasteiger partial charge is 0.408 e. The number of anilines is 1. The van der Waals surface area contributed by atoms with Crippen LogP contribution in [0, 0.1) is 5.92 Å². The lowest BCUT2D eigenvalue weighted by atomic mass is 9.93. The number of hydrogen-bond donors (Lipinski definition) is 1. The number of carbonyl (C=O) groups excluding carboxylic acids is 1. The molecule has 26 heavy (non-hydrogen) atoms. The van der Waals surface area contributed by atoms with Gasteiger partial charge in [-0.15, -0.1) is 11.3 Å². The summed E-state index contributed by atoms with van der Waals surface area (Å²) in [6.45, 7) is 2.71. The van der Waals surface area contributed by atoms with Crippen LogP contribution in [0.2, 0.25) is 0 Å². The minimum atomic E-state index is -0.381. The van der Waals surface area contributed by atoms with E-state index in [1.807, 2.05) is 18.2 Å². The molecule has 6 nitrogen and oxygen atoms in total. The highest BCUT2D eigenvalue weighted by molar-refractivity contribution is 7.15. The average Bonchev–Trinajstić information content (AvgIpc) is 3.14. The monoisotopic (exact) mass is 371 g/mol. The van der Waals surface area contributed by atoms with Gasteiger partial charge in [0, 0.05) is 17.8 Å². The minimum absolute atomic E-state index is 0.0648. The molecular formula is C19H21N3O3S. The van der Waals surface area contributed by atoms with Crippen LogP contribution in [0.15, 0.2) is 33.5 Å². The van der Waals surface area contributed by atoms with Crippen LogP contribution in [0.25, 0.3) is 11.1 Å². The van der Waals surface area contributed by atoms with Crippen molar-refractivity contribution in [1.82, 2.24) is 9.55 Å². The van der Waals surface area contributed by atoms with E-state index < -0.39 is 0 Å². The van der Waals surface area contributed by atoms with Crippen molar-refractivity contribution in [1.29, 1.82) is 0 Å². The van der Waals surface area contributed by atoms with E-state index in [-0.39, 0.29) is 11.7 Å². The lowest BCUT2D eigenvalue weighted by Crippen LogP contribution is -2.17. The number of carbonyl (C=O) groups is 1. The van der Waals surface area contributed by atoms with Crippen molar-refractivity contribution in [2.24, 2.45) is 5.92 Å². The van der Waals surface area contributed by atoms with Gasteiger partial charge in [0.05, 0.1) is 11.2 Å². The number of oxazole rings is 1. The van der Waals surface area contributed by atoms with Crippen molar-refractivity contribution >= 4 is 33.5 Å². The van der Waals surface area contributed by atoms with Crippen LogP contribution in [0.3, 0.4) is 0 Å². The molecule has 2 heterocycles. The highest BCUT2D eigenvalue weighted by atomic mass is 32.1. The van der Waals surface area contributed by atoms with Gasteiger partial charge < -0.3 is 9.73 Å². The number of aromatic nitrogens is 2. The molecule has 1 unspecified atom stereocenters. The Balaban J connectivity index is 1.34. The van der Waals surface area contributed by atoms with Gasteiger partial charge in [-0.2, -0.15) is 0 Å². The SMILES string of the molecule is CC1CCc2nc(NC(=O)CCCn3c(=O)oc4ccccc43)sc2C1. The number of benzene rings is 1. The van der Waals surface area contributed by atoms with E-state index in [9.17, 15) is 9.59 Å². The van der Waals surface area contributed by atoms with Gasteiger partial charge in [0.25, 0.3) is 0 Å². The Hall–Kier alpha value is -2.41. The number of nitrogens with zero attached hydrogens (tertiary/aromatic N) is 2. The number of fused-ring (bicyclic) bond motifs is 2. The van der Waals surface area contributed by atoms with Crippen molar-refractivity contribution in [2.45, 2.75) is 45.6 Å². The number of para-hydroxylation sites is 2. The third-order valence-corrected chi connectivity index (χ3v) is 5.83. The van der Waals surface area contributed by atoms with E-state index in [1.165, 1.54) is 4.88 Å². The first kappa shape index (κ1) is 17.0. The molecule has 136 valence electrons.